The van der Waals surface area contributed by atoms with Gasteiger partial charge in [0.1, 0.15) is 5.75 Å². The monoisotopic (exact) mass is 455 g/mol. The van der Waals surface area contributed by atoms with Gasteiger partial charge >= 0.3 is 5.97 Å². The second-order valence-electron chi connectivity index (χ2n) is 7.64. The van der Waals surface area contributed by atoms with Crippen molar-refractivity contribution in [2.45, 2.75) is 18.8 Å². The van der Waals surface area contributed by atoms with Gasteiger partial charge in [0.05, 0.1) is 25.7 Å². The number of esters is 1. The third kappa shape index (κ3) is 4.89. The lowest BCUT2D eigenvalue weighted by Gasteiger charge is -2.32. The maximum Gasteiger partial charge on any atom is 0.331 e. The molecular formula is C28H25NO5. The van der Waals surface area contributed by atoms with Crippen LogP contribution in [0.4, 0.5) is 0 Å². The van der Waals surface area contributed by atoms with E-state index in [2.05, 4.69) is 6.07 Å². The van der Waals surface area contributed by atoms with Crippen LogP contribution in [0.1, 0.15) is 39.6 Å². The van der Waals surface area contributed by atoms with Gasteiger partial charge < -0.3 is 9.47 Å². The number of benzene rings is 3. The van der Waals surface area contributed by atoms with Gasteiger partial charge in [0.25, 0.3) is 0 Å². The highest BCUT2D eigenvalue weighted by molar-refractivity contribution is 6.08. The van der Waals surface area contributed by atoms with E-state index in [1.54, 1.807) is 91.9 Å². The van der Waals surface area contributed by atoms with E-state index in [1.165, 1.54) is 7.11 Å². The molecule has 6 heteroatoms. The minimum Gasteiger partial charge on any atom is -0.497 e. The van der Waals surface area contributed by atoms with Crippen LogP contribution in [0.3, 0.4) is 0 Å². The number of methoxy groups -OCH3 is 1. The van der Waals surface area contributed by atoms with Crippen molar-refractivity contribution in [2.75, 3.05) is 13.7 Å². The summed E-state index contributed by atoms with van der Waals surface area (Å²) in [5.74, 6) is -2.52. The van der Waals surface area contributed by atoms with Crippen molar-refractivity contribution < 1.29 is 23.9 Å². The third-order valence-corrected chi connectivity index (χ3v) is 5.70. The summed E-state index contributed by atoms with van der Waals surface area (Å²) in [6.45, 7) is 1.63. The molecule has 0 heterocycles. The Morgan fingerprint density at radius 3 is 1.94 bits per heavy atom. The molecule has 3 rings (SSSR count). The zero-order valence-electron chi connectivity index (χ0n) is 19.1. The number of carbonyl (C=O) groups is 3. The molecule has 0 aromatic heterocycles. The molecule has 0 fully saturated rings. The molecule has 3 aromatic carbocycles. The van der Waals surface area contributed by atoms with E-state index in [4.69, 9.17) is 9.47 Å². The molecule has 2 atom stereocenters. The van der Waals surface area contributed by atoms with E-state index in [0.29, 0.717) is 16.9 Å². The number of nitriles is 1. The number of hydrogen-bond donors (Lipinski definition) is 0. The van der Waals surface area contributed by atoms with Gasteiger partial charge in [-0.1, -0.05) is 72.8 Å². The van der Waals surface area contributed by atoms with Gasteiger partial charge in [0, 0.05) is 17.5 Å². The summed E-state index contributed by atoms with van der Waals surface area (Å²) in [5.41, 5.74) is -1.10. The fourth-order valence-corrected chi connectivity index (χ4v) is 3.92. The average Bonchev–Trinajstić information content (AvgIpc) is 2.89. The highest BCUT2D eigenvalue weighted by Crippen LogP contribution is 2.39. The first-order valence-electron chi connectivity index (χ1n) is 10.9. The van der Waals surface area contributed by atoms with Gasteiger partial charge in [-0.05, 0) is 24.6 Å². The molecule has 2 unspecified atom stereocenters. The Hall–Kier alpha value is -4.24. The van der Waals surface area contributed by atoms with Crippen molar-refractivity contribution in [3.05, 3.63) is 102 Å². The molecule has 0 radical (unpaired) electrons. The second-order valence-corrected chi connectivity index (χ2v) is 7.64. The summed E-state index contributed by atoms with van der Waals surface area (Å²) < 4.78 is 10.5. The van der Waals surface area contributed by atoms with Crippen molar-refractivity contribution in [1.82, 2.24) is 0 Å². The number of ketones is 2. The van der Waals surface area contributed by atoms with Crippen LogP contribution in [0.25, 0.3) is 0 Å². The molecule has 3 aromatic rings. The van der Waals surface area contributed by atoms with Crippen LogP contribution in [0, 0.1) is 17.2 Å². The van der Waals surface area contributed by atoms with Gasteiger partial charge in [-0.25, -0.2) is 4.79 Å². The van der Waals surface area contributed by atoms with Crippen LogP contribution in [-0.4, -0.2) is 31.3 Å². The molecule has 0 saturated carbocycles. The first-order chi connectivity index (χ1) is 16.5. The smallest absolute Gasteiger partial charge is 0.331 e. The van der Waals surface area contributed by atoms with Crippen LogP contribution in [0.5, 0.6) is 5.75 Å². The predicted molar refractivity (Wildman–Crippen MR) is 127 cm³/mol. The number of ether oxygens (including phenoxy) is 2. The Kier molecular flexibility index (Phi) is 7.94. The third-order valence-electron chi connectivity index (χ3n) is 5.70. The van der Waals surface area contributed by atoms with E-state index in [-0.39, 0.29) is 24.4 Å². The van der Waals surface area contributed by atoms with E-state index < -0.39 is 23.1 Å². The molecule has 0 bridgehead atoms. The molecule has 172 valence electrons. The fourth-order valence-electron chi connectivity index (χ4n) is 3.92. The van der Waals surface area contributed by atoms with E-state index >= 15 is 0 Å². The SMILES string of the molecule is CCOC(=O)C(C#N)(c1ccc(OC)cc1)C(CC(=O)c1ccccc1)C(=O)c1ccccc1. The summed E-state index contributed by atoms with van der Waals surface area (Å²) in [5, 5.41) is 10.5. The Morgan fingerprint density at radius 2 is 1.44 bits per heavy atom. The van der Waals surface area contributed by atoms with Crippen LogP contribution in [-0.2, 0) is 14.9 Å². The molecule has 0 N–H and O–H groups in total. The van der Waals surface area contributed by atoms with Crippen molar-refractivity contribution in [3.8, 4) is 11.8 Å². The summed E-state index contributed by atoms with van der Waals surface area (Å²) >= 11 is 0. The summed E-state index contributed by atoms with van der Waals surface area (Å²) in [7, 11) is 1.50. The number of hydrogen-bond acceptors (Lipinski definition) is 6. The Morgan fingerprint density at radius 1 is 0.882 bits per heavy atom. The van der Waals surface area contributed by atoms with E-state index in [1.807, 2.05) is 0 Å². The standard InChI is InChI=1S/C28H25NO5/c1-3-34-27(32)28(19-29,22-14-16-23(33-2)17-15-22)24(26(31)21-12-8-5-9-13-21)18-25(30)20-10-6-4-7-11-20/h4-17,24H,3,18H2,1-2H3. The molecule has 34 heavy (non-hydrogen) atoms. The van der Waals surface area contributed by atoms with Gasteiger partial charge in [0.15, 0.2) is 17.0 Å². The van der Waals surface area contributed by atoms with E-state index in [9.17, 15) is 19.6 Å². The van der Waals surface area contributed by atoms with Gasteiger partial charge in [-0.2, -0.15) is 5.26 Å². The maximum absolute atomic E-state index is 13.8. The predicted octanol–water partition coefficient (Wildman–Crippen LogP) is 4.79. The average molecular weight is 456 g/mol. The first kappa shape index (κ1) is 24.4. The lowest BCUT2D eigenvalue weighted by Crippen LogP contribution is -2.47. The van der Waals surface area contributed by atoms with Gasteiger partial charge in [-0.3, -0.25) is 9.59 Å². The molecule has 0 spiro atoms. The molecule has 0 aliphatic rings. The minimum atomic E-state index is -2.04. The van der Waals surface area contributed by atoms with Crippen molar-refractivity contribution in [3.63, 3.8) is 0 Å². The minimum absolute atomic E-state index is 0.0112. The van der Waals surface area contributed by atoms with Crippen LogP contribution >= 0.6 is 0 Å². The van der Waals surface area contributed by atoms with Crippen molar-refractivity contribution >= 4 is 17.5 Å². The van der Waals surface area contributed by atoms with Crippen molar-refractivity contribution in [2.24, 2.45) is 5.92 Å². The quantitative estimate of drug-likeness (QED) is 0.322. The summed E-state index contributed by atoms with van der Waals surface area (Å²) in [6, 6.07) is 25.2. The Balaban J connectivity index is 2.21. The largest absolute Gasteiger partial charge is 0.497 e. The lowest BCUT2D eigenvalue weighted by molar-refractivity contribution is -0.149. The number of Topliss-reactive ketones (excluding diaryl/α,β-unsaturated/α-hetero) is 2. The van der Waals surface area contributed by atoms with Crippen LogP contribution in [0.2, 0.25) is 0 Å². The number of rotatable bonds is 10. The second kappa shape index (κ2) is 11.1. The first-order valence-corrected chi connectivity index (χ1v) is 10.9. The Labute approximate surface area is 198 Å². The van der Waals surface area contributed by atoms with Crippen molar-refractivity contribution in [1.29, 1.82) is 5.26 Å². The zero-order chi connectivity index (χ0) is 24.6. The molecule has 0 amide bonds. The molecule has 0 aliphatic heterocycles. The maximum atomic E-state index is 13.8. The fraction of sp³-hybridized carbons (Fsp3) is 0.214. The lowest BCUT2D eigenvalue weighted by atomic mass is 9.66. The Bertz CT molecular complexity index is 1180. The molecule has 6 nitrogen and oxygen atoms in total. The van der Waals surface area contributed by atoms with Gasteiger partial charge in [-0.15, -0.1) is 0 Å². The molecular weight excluding hydrogens is 430 g/mol. The zero-order valence-corrected chi connectivity index (χ0v) is 19.1. The van der Waals surface area contributed by atoms with Crippen LogP contribution < -0.4 is 4.74 Å². The van der Waals surface area contributed by atoms with E-state index in [0.717, 1.165) is 0 Å². The molecule has 0 saturated heterocycles. The highest BCUT2D eigenvalue weighted by Gasteiger charge is 2.53. The number of nitrogens with zero attached hydrogens (tertiary/aromatic N) is 1. The molecule has 0 aliphatic carbocycles. The summed E-state index contributed by atoms with van der Waals surface area (Å²) in [6.07, 6.45) is -0.351. The normalized spacial score (nSPS) is 13.1. The highest BCUT2D eigenvalue weighted by atomic mass is 16.5. The van der Waals surface area contributed by atoms with Crippen LogP contribution in [0.15, 0.2) is 84.9 Å². The topological polar surface area (TPSA) is 93.5 Å². The summed E-state index contributed by atoms with van der Waals surface area (Å²) in [4.78, 5) is 40.4. The number of carbonyl (C=O) groups excluding carboxylic acids is 3. The van der Waals surface area contributed by atoms with Gasteiger partial charge in [0.2, 0.25) is 0 Å².